The lowest BCUT2D eigenvalue weighted by Gasteiger charge is -2.14. The minimum atomic E-state index is -0.176. The number of carbonyl (C=O) groups is 1. The summed E-state index contributed by atoms with van der Waals surface area (Å²) in [5, 5.41) is 7.39. The second-order valence-electron chi connectivity index (χ2n) is 5.39. The van der Waals surface area contributed by atoms with Gasteiger partial charge in [0.05, 0.1) is 20.3 Å². The first-order valence-electron chi connectivity index (χ1n) is 7.81. The topological polar surface area (TPSA) is 65.4 Å². The minimum absolute atomic E-state index is 0.176. The zero-order valence-electron chi connectivity index (χ0n) is 13.5. The van der Waals surface area contributed by atoms with Crippen molar-refractivity contribution < 1.29 is 14.3 Å². The molecule has 0 saturated carbocycles. The Kier molecular flexibility index (Phi) is 4.62. The van der Waals surface area contributed by atoms with Gasteiger partial charge in [-0.25, -0.2) is 0 Å². The SMILES string of the molecule is CCn1nc(C(=O)NCc2ccccc2OC)c2c1CCOC2. The van der Waals surface area contributed by atoms with Crippen molar-refractivity contribution in [3.63, 3.8) is 0 Å². The fraction of sp³-hybridized carbons (Fsp3) is 0.412. The quantitative estimate of drug-likeness (QED) is 0.915. The van der Waals surface area contributed by atoms with Gasteiger partial charge < -0.3 is 14.8 Å². The van der Waals surface area contributed by atoms with Gasteiger partial charge in [-0.15, -0.1) is 0 Å². The number of aromatic nitrogens is 2. The van der Waals surface area contributed by atoms with Crippen LogP contribution in [0, 0.1) is 0 Å². The third-order valence-corrected chi connectivity index (χ3v) is 4.04. The largest absolute Gasteiger partial charge is 0.496 e. The molecule has 2 aromatic rings. The minimum Gasteiger partial charge on any atom is -0.496 e. The molecule has 6 heteroatoms. The number of rotatable bonds is 5. The number of nitrogens with one attached hydrogen (secondary N) is 1. The van der Waals surface area contributed by atoms with Crippen LogP contribution in [0.4, 0.5) is 0 Å². The molecule has 1 aromatic carbocycles. The molecule has 1 aliphatic heterocycles. The number of hydrogen-bond donors (Lipinski definition) is 1. The second-order valence-corrected chi connectivity index (χ2v) is 5.39. The van der Waals surface area contributed by atoms with Crippen molar-refractivity contribution in [1.82, 2.24) is 15.1 Å². The Bertz CT molecular complexity index is 709. The number of amides is 1. The predicted octanol–water partition coefficient (Wildman–Crippen LogP) is 1.91. The van der Waals surface area contributed by atoms with Crippen molar-refractivity contribution >= 4 is 5.91 Å². The Morgan fingerprint density at radius 3 is 3.04 bits per heavy atom. The third kappa shape index (κ3) is 3.07. The van der Waals surface area contributed by atoms with Crippen LogP contribution in [-0.2, 0) is 30.9 Å². The first kappa shape index (κ1) is 15.6. The van der Waals surface area contributed by atoms with E-state index in [1.807, 2.05) is 35.9 Å². The van der Waals surface area contributed by atoms with E-state index in [2.05, 4.69) is 10.4 Å². The number of nitrogens with zero attached hydrogens (tertiary/aromatic N) is 2. The Morgan fingerprint density at radius 2 is 2.26 bits per heavy atom. The van der Waals surface area contributed by atoms with E-state index in [1.54, 1.807) is 7.11 Å². The van der Waals surface area contributed by atoms with E-state index in [0.29, 0.717) is 25.5 Å². The van der Waals surface area contributed by atoms with Gasteiger partial charge in [-0.3, -0.25) is 9.48 Å². The number of methoxy groups -OCH3 is 1. The summed E-state index contributed by atoms with van der Waals surface area (Å²) in [5.74, 6) is 0.585. The van der Waals surface area contributed by atoms with E-state index in [9.17, 15) is 4.79 Å². The van der Waals surface area contributed by atoms with Crippen molar-refractivity contribution in [2.24, 2.45) is 0 Å². The smallest absolute Gasteiger partial charge is 0.272 e. The van der Waals surface area contributed by atoms with Crippen LogP contribution >= 0.6 is 0 Å². The van der Waals surface area contributed by atoms with Crippen molar-refractivity contribution in [3.05, 3.63) is 46.8 Å². The van der Waals surface area contributed by atoms with E-state index in [1.165, 1.54) is 0 Å². The van der Waals surface area contributed by atoms with Crippen LogP contribution in [0.1, 0.15) is 34.2 Å². The highest BCUT2D eigenvalue weighted by Crippen LogP contribution is 2.21. The molecule has 3 rings (SSSR count). The molecule has 23 heavy (non-hydrogen) atoms. The van der Waals surface area contributed by atoms with Gasteiger partial charge in [-0.1, -0.05) is 18.2 Å². The highest BCUT2D eigenvalue weighted by molar-refractivity contribution is 5.94. The van der Waals surface area contributed by atoms with Gasteiger partial charge in [0.25, 0.3) is 5.91 Å². The zero-order chi connectivity index (χ0) is 16.2. The maximum Gasteiger partial charge on any atom is 0.272 e. The highest BCUT2D eigenvalue weighted by Gasteiger charge is 2.24. The van der Waals surface area contributed by atoms with Crippen LogP contribution in [0.5, 0.6) is 5.75 Å². The van der Waals surface area contributed by atoms with Crippen molar-refractivity contribution in [3.8, 4) is 5.75 Å². The summed E-state index contributed by atoms with van der Waals surface area (Å²) in [5.41, 5.74) is 3.43. The van der Waals surface area contributed by atoms with Crippen LogP contribution in [0.25, 0.3) is 0 Å². The molecule has 0 saturated heterocycles. The summed E-state index contributed by atoms with van der Waals surface area (Å²) >= 11 is 0. The lowest BCUT2D eigenvalue weighted by molar-refractivity contribution is 0.0922. The van der Waals surface area contributed by atoms with Crippen LogP contribution < -0.4 is 10.1 Å². The molecule has 1 N–H and O–H groups in total. The molecule has 2 heterocycles. The van der Waals surface area contributed by atoms with Crippen LogP contribution in [-0.4, -0.2) is 29.4 Å². The van der Waals surface area contributed by atoms with E-state index < -0.39 is 0 Å². The number of aryl methyl sites for hydroxylation is 1. The molecule has 6 nitrogen and oxygen atoms in total. The molecular formula is C17H21N3O3. The Labute approximate surface area is 135 Å². The van der Waals surface area contributed by atoms with E-state index in [-0.39, 0.29) is 5.91 Å². The maximum atomic E-state index is 12.5. The first-order chi connectivity index (χ1) is 11.2. The molecule has 1 aromatic heterocycles. The van der Waals surface area contributed by atoms with Crippen LogP contribution in [0.15, 0.2) is 24.3 Å². The fourth-order valence-electron chi connectivity index (χ4n) is 2.86. The van der Waals surface area contributed by atoms with E-state index in [0.717, 1.165) is 35.5 Å². The summed E-state index contributed by atoms with van der Waals surface area (Å²) < 4.78 is 12.7. The first-order valence-corrected chi connectivity index (χ1v) is 7.81. The molecule has 122 valence electrons. The number of hydrogen-bond acceptors (Lipinski definition) is 4. The Balaban J connectivity index is 1.77. The van der Waals surface area contributed by atoms with Gasteiger partial charge in [-0.2, -0.15) is 5.10 Å². The molecule has 0 aliphatic carbocycles. The average molecular weight is 315 g/mol. The van der Waals surface area contributed by atoms with Crippen LogP contribution in [0.3, 0.4) is 0 Å². The molecule has 0 fully saturated rings. The van der Waals surface area contributed by atoms with E-state index in [4.69, 9.17) is 9.47 Å². The summed E-state index contributed by atoms with van der Waals surface area (Å²) in [6, 6.07) is 7.64. The third-order valence-electron chi connectivity index (χ3n) is 4.04. The van der Waals surface area contributed by atoms with Gasteiger partial charge in [0.15, 0.2) is 5.69 Å². The molecule has 0 bridgehead atoms. The second kappa shape index (κ2) is 6.83. The Hall–Kier alpha value is -2.34. The number of ether oxygens (including phenoxy) is 2. The number of para-hydroxylation sites is 1. The van der Waals surface area contributed by atoms with Gasteiger partial charge in [-0.05, 0) is 13.0 Å². The molecule has 0 atom stereocenters. The average Bonchev–Trinajstić information content (AvgIpc) is 2.99. The molecular weight excluding hydrogens is 294 g/mol. The lowest BCUT2D eigenvalue weighted by Crippen LogP contribution is -2.25. The van der Waals surface area contributed by atoms with Gasteiger partial charge in [0, 0.05) is 36.3 Å². The van der Waals surface area contributed by atoms with Crippen LogP contribution in [0.2, 0.25) is 0 Å². The predicted molar refractivity (Wildman–Crippen MR) is 85.4 cm³/mol. The summed E-state index contributed by atoms with van der Waals surface area (Å²) in [6.07, 6.45) is 0.802. The van der Waals surface area contributed by atoms with Crippen molar-refractivity contribution in [2.75, 3.05) is 13.7 Å². The van der Waals surface area contributed by atoms with Crippen molar-refractivity contribution in [1.29, 1.82) is 0 Å². The molecule has 0 spiro atoms. The zero-order valence-corrected chi connectivity index (χ0v) is 13.5. The van der Waals surface area contributed by atoms with E-state index >= 15 is 0 Å². The Morgan fingerprint density at radius 1 is 1.43 bits per heavy atom. The standard InChI is InChI=1S/C17H21N3O3/c1-3-20-14-8-9-23-11-13(14)16(19-20)17(21)18-10-12-6-4-5-7-15(12)22-2/h4-7H,3,8-11H2,1-2H3,(H,18,21). The lowest BCUT2D eigenvalue weighted by atomic mass is 10.1. The molecule has 0 radical (unpaired) electrons. The number of benzene rings is 1. The molecule has 1 amide bonds. The maximum absolute atomic E-state index is 12.5. The molecule has 1 aliphatic rings. The monoisotopic (exact) mass is 315 g/mol. The van der Waals surface area contributed by atoms with Gasteiger partial charge in [0.1, 0.15) is 5.75 Å². The summed E-state index contributed by atoms with van der Waals surface area (Å²) in [7, 11) is 1.62. The highest BCUT2D eigenvalue weighted by atomic mass is 16.5. The number of carbonyl (C=O) groups excluding carboxylic acids is 1. The fourth-order valence-corrected chi connectivity index (χ4v) is 2.86. The summed E-state index contributed by atoms with van der Waals surface area (Å²) in [6.45, 7) is 4.31. The normalized spacial score (nSPS) is 13.5. The summed E-state index contributed by atoms with van der Waals surface area (Å²) in [4.78, 5) is 12.5. The van der Waals surface area contributed by atoms with Gasteiger partial charge >= 0.3 is 0 Å². The molecule has 0 unspecified atom stereocenters. The van der Waals surface area contributed by atoms with Gasteiger partial charge in [0.2, 0.25) is 0 Å². The van der Waals surface area contributed by atoms with Crippen molar-refractivity contribution in [2.45, 2.75) is 33.0 Å². The number of fused-ring (bicyclic) bond motifs is 1.